The Kier molecular flexibility index (Phi) is 8.28. The minimum absolute atomic E-state index is 0.632. The molecule has 0 N–H and O–H groups in total. The van der Waals surface area contributed by atoms with E-state index in [1.165, 1.54) is 20.2 Å². The van der Waals surface area contributed by atoms with Gasteiger partial charge in [-0.25, -0.2) is 24.9 Å². The first kappa shape index (κ1) is 32.5. The van der Waals surface area contributed by atoms with Gasteiger partial charge < -0.3 is 0 Å². The molecule has 10 aromatic rings. The number of hydrogen-bond acceptors (Lipinski definition) is 6. The fraction of sp³-hybridized carbons (Fsp3) is 0. The number of rotatable bonds is 7. The third kappa shape index (κ3) is 6.24. The number of fused-ring (bicyclic) bond motifs is 3. The van der Waals surface area contributed by atoms with Crippen LogP contribution in [0.2, 0.25) is 0 Å². The summed E-state index contributed by atoms with van der Waals surface area (Å²) in [6.07, 6.45) is 0. The van der Waals surface area contributed by atoms with E-state index in [2.05, 4.69) is 103 Å². The first-order valence-electron chi connectivity index (χ1n) is 18.2. The summed E-state index contributed by atoms with van der Waals surface area (Å²) in [5.41, 5.74) is 9.99. The Morgan fingerprint density at radius 1 is 0.309 bits per heavy atom. The second-order valence-electron chi connectivity index (χ2n) is 13.3. The number of hydrogen-bond donors (Lipinski definition) is 0. The molecule has 0 aliphatic carbocycles. The van der Waals surface area contributed by atoms with E-state index in [9.17, 15) is 0 Å². The molecule has 6 heteroatoms. The lowest BCUT2D eigenvalue weighted by molar-refractivity contribution is 1.07. The van der Waals surface area contributed by atoms with Crippen LogP contribution in [0.25, 0.3) is 99.4 Å². The van der Waals surface area contributed by atoms with Crippen LogP contribution in [-0.4, -0.2) is 24.9 Å². The van der Waals surface area contributed by atoms with Gasteiger partial charge >= 0.3 is 0 Å². The standard InChI is InChI=1S/C49H31N5S/c1-5-15-33(16-6-1)41-31-42(51-46(50-41)34-17-7-2-8-18-34)39-30-29-38(44-40-23-13-14-24-43(40)55-45(39)44)32-25-27-37(28-26-32)49-53-47(35-19-9-3-10-20-35)52-48(54-49)36-21-11-4-12-22-36/h1-31H. The lowest BCUT2D eigenvalue weighted by Gasteiger charge is -2.12. The highest BCUT2D eigenvalue weighted by Gasteiger charge is 2.19. The van der Waals surface area contributed by atoms with Crippen molar-refractivity contribution in [2.24, 2.45) is 0 Å². The van der Waals surface area contributed by atoms with Gasteiger partial charge in [0.15, 0.2) is 23.3 Å². The number of aromatic nitrogens is 5. The molecular formula is C49H31N5S. The van der Waals surface area contributed by atoms with Crippen molar-refractivity contribution in [3.63, 3.8) is 0 Å². The summed E-state index contributed by atoms with van der Waals surface area (Å²) in [5.74, 6) is 2.63. The summed E-state index contributed by atoms with van der Waals surface area (Å²) in [6, 6.07) is 64.5. The molecule has 3 aromatic heterocycles. The fourth-order valence-corrected chi connectivity index (χ4v) is 8.32. The van der Waals surface area contributed by atoms with Gasteiger partial charge in [-0.2, -0.15) is 0 Å². The molecule has 0 radical (unpaired) electrons. The predicted molar refractivity (Wildman–Crippen MR) is 226 cm³/mol. The van der Waals surface area contributed by atoms with E-state index in [0.29, 0.717) is 23.3 Å². The Labute approximate surface area is 322 Å². The fourth-order valence-electron chi connectivity index (χ4n) is 7.07. The molecule has 5 nitrogen and oxygen atoms in total. The smallest absolute Gasteiger partial charge is 0.164 e. The van der Waals surface area contributed by atoms with Crippen molar-refractivity contribution in [3.05, 3.63) is 188 Å². The highest BCUT2D eigenvalue weighted by atomic mass is 32.1. The monoisotopic (exact) mass is 721 g/mol. The van der Waals surface area contributed by atoms with E-state index >= 15 is 0 Å². The molecule has 0 spiro atoms. The summed E-state index contributed by atoms with van der Waals surface area (Å²) in [5, 5.41) is 2.44. The third-order valence-corrected chi connectivity index (χ3v) is 11.0. The molecule has 0 aliphatic rings. The molecule has 10 rings (SSSR count). The van der Waals surface area contributed by atoms with Crippen molar-refractivity contribution in [1.82, 2.24) is 24.9 Å². The number of nitrogens with zero attached hydrogens (tertiary/aromatic N) is 5. The lowest BCUT2D eigenvalue weighted by atomic mass is 9.95. The van der Waals surface area contributed by atoms with Gasteiger partial charge in [0.05, 0.1) is 11.4 Å². The van der Waals surface area contributed by atoms with Crippen molar-refractivity contribution in [2.75, 3.05) is 0 Å². The van der Waals surface area contributed by atoms with Crippen LogP contribution >= 0.6 is 11.3 Å². The lowest BCUT2D eigenvalue weighted by Crippen LogP contribution is -2.00. The van der Waals surface area contributed by atoms with Crippen LogP contribution in [0.3, 0.4) is 0 Å². The Morgan fingerprint density at radius 3 is 1.29 bits per heavy atom. The van der Waals surface area contributed by atoms with Crippen molar-refractivity contribution in [2.45, 2.75) is 0 Å². The molecule has 0 bridgehead atoms. The Hall–Kier alpha value is -7.15. The zero-order chi connectivity index (χ0) is 36.6. The average molecular weight is 722 g/mol. The molecule has 55 heavy (non-hydrogen) atoms. The summed E-state index contributed by atoms with van der Waals surface area (Å²) in [6.45, 7) is 0. The van der Waals surface area contributed by atoms with Gasteiger partial charge in [0.1, 0.15) is 0 Å². The van der Waals surface area contributed by atoms with Crippen LogP contribution in [0.15, 0.2) is 188 Å². The van der Waals surface area contributed by atoms with Gasteiger partial charge in [-0.15, -0.1) is 11.3 Å². The van der Waals surface area contributed by atoms with E-state index < -0.39 is 0 Å². The van der Waals surface area contributed by atoms with Gasteiger partial charge in [-0.05, 0) is 23.3 Å². The highest BCUT2D eigenvalue weighted by molar-refractivity contribution is 7.26. The van der Waals surface area contributed by atoms with Crippen LogP contribution in [0.5, 0.6) is 0 Å². The van der Waals surface area contributed by atoms with E-state index in [1.54, 1.807) is 11.3 Å². The van der Waals surface area contributed by atoms with Crippen LogP contribution < -0.4 is 0 Å². The van der Waals surface area contributed by atoms with Crippen LogP contribution in [-0.2, 0) is 0 Å². The summed E-state index contributed by atoms with van der Waals surface area (Å²) in [4.78, 5) is 25.0. The van der Waals surface area contributed by atoms with Crippen molar-refractivity contribution < 1.29 is 0 Å². The molecule has 7 aromatic carbocycles. The molecular weight excluding hydrogens is 691 g/mol. The van der Waals surface area contributed by atoms with Crippen LogP contribution in [0.4, 0.5) is 0 Å². The van der Waals surface area contributed by atoms with E-state index in [-0.39, 0.29) is 0 Å². The van der Waals surface area contributed by atoms with Gasteiger partial charge in [0, 0.05) is 53.6 Å². The second kappa shape index (κ2) is 14.0. The first-order chi connectivity index (χ1) is 27.2. The van der Waals surface area contributed by atoms with E-state index in [4.69, 9.17) is 24.9 Å². The third-order valence-electron chi connectivity index (χ3n) is 9.78. The second-order valence-corrected chi connectivity index (χ2v) is 14.3. The van der Waals surface area contributed by atoms with Crippen LogP contribution in [0.1, 0.15) is 0 Å². The van der Waals surface area contributed by atoms with Crippen molar-refractivity contribution >= 4 is 31.5 Å². The summed E-state index contributed by atoms with van der Waals surface area (Å²) in [7, 11) is 0. The minimum atomic E-state index is 0.632. The zero-order valence-corrected chi connectivity index (χ0v) is 30.4. The molecule has 0 saturated carbocycles. The highest BCUT2D eigenvalue weighted by Crippen LogP contribution is 2.45. The molecule has 0 unspecified atom stereocenters. The molecule has 0 fully saturated rings. The van der Waals surface area contributed by atoms with Crippen molar-refractivity contribution in [1.29, 1.82) is 0 Å². The largest absolute Gasteiger partial charge is 0.228 e. The van der Waals surface area contributed by atoms with Gasteiger partial charge in [-0.1, -0.05) is 176 Å². The Morgan fingerprint density at radius 2 is 0.727 bits per heavy atom. The number of benzene rings is 7. The number of thiophene rings is 1. The summed E-state index contributed by atoms with van der Waals surface area (Å²) < 4.78 is 2.42. The molecule has 0 saturated heterocycles. The van der Waals surface area contributed by atoms with E-state index in [1.807, 2.05) is 84.9 Å². The average Bonchev–Trinajstić information content (AvgIpc) is 3.67. The zero-order valence-electron chi connectivity index (χ0n) is 29.5. The van der Waals surface area contributed by atoms with Gasteiger partial charge in [0.2, 0.25) is 0 Å². The minimum Gasteiger partial charge on any atom is -0.228 e. The topological polar surface area (TPSA) is 64.5 Å². The Balaban J connectivity index is 1.11. The maximum atomic E-state index is 5.20. The van der Waals surface area contributed by atoms with Crippen LogP contribution in [0, 0.1) is 0 Å². The molecule has 0 atom stereocenters. The molecule has 0 aliphatic heterocycles. The quantitative estimate of drug-likeness (QED) is 0.164. The van der Waals surface area contributed by atoms with Gasteiger partial charge in [0.25, 0.3) is 0 Å². The maximum absolute atomic E-state index is 5.20. The molecule has 258 valence electrons. The summed E-state index contributed by atoms with van der Waals surface area (Å²) >= 11 is 1.81. The molecule has 0 amide bonds. The van der Waals surface area contributed by atoms with Crippen molar-refractivity contribution in [3.8, 4) is 79.2 Å². The maximum Gasteiger partial charge on any atom is 0.164 e. The van der Waals surface area contributed by atoms with E-state index in [0.717, 1.165) is 55.9 Å². The van der Waals surface area contributed by atoms with Gasteiger partial charge in [-0.3, -0.25) is 0 Å². The predicted octanol–water partition coefficient (Wildman–Crippen LogP) is 12.7. The Bertz CT molecular complexity index is 2830. The first-order valence-corrected chi connectivity index (χ1v) is 19.0. The normalized spacial score (nSPS) is 11.3. The SMILES string of the molecule is c1ccc(-c2cc(-c3ccc(-c4ccc(-c5nc(-c6ccccc6)nc(-c6ccccc6)n5)cc4)c4c3sc3ccccc34)nc(-c3ccccc3)n2)cc1. The molecule has 3 heterocycles.